The predicted octanol–water partition coefficient (Wildman–Crippen LogP) is 1.54. The van der Waals surface area contributed by atoms with Crippen LogP contribution in [0.3, 0.4) is 0 Å². The molecule has 0 atom stereocenters. The fraction of sp³-hybridized carbons (Fsp3) is 0.300. The Morgan fingerprint density at radius 1 is 1.44 bits per heavy atom. The molecule has 0 saturated heterocycles. The number of nitrogen functional groups attached to an aromatic ring is 1. The number of hydrogen-bond acceptors (Lipinski definition) is 6. The van der Waals surface area contributed by atoms with Gasteiger partial charge in [0.1, 0.15) is 5.82 Å². The molecule has 0 aliphatic carbocycles. The van der Waals surface area contributed by atoms with Crippen molar-refractivity contribution in [3.05, 3.63) is 24.2 Å². The van der Waals surface area contributed by atoms with E-state index in [0.29, 0.717) is 17.5 Å². The Kier molecular flexibility index (Phi) is 2.82. The minimum Gasteiger partial charge on any atom is -0.334 e. The normalized spacial score (nSPS) is 10.8. The molecule has 2 aromatic heterocycles. The van der Waals surface area contributed by atoms with Crippen LogP contribution in [0.25, 0.3) is 11.5 Å². The van der Waals surface area contributed by atoms with E-state index in [4.69, 9.17) is 10.4 Å². The van der Waals surface area contributed by atoms with Crippen LogP contribution in [0.15, 0.2) is 22.9 Å². The molecule has 2 heterocycles. The van der Waals surface area contributed by atoms with Gasteiger partial charge < -0.3 is 9.95 Å². The number of anilines is 1. The summed E-state index contributed by atoms with van der Waals surface area (Å²) in [6.45, 7) is 4.02. The molecule has 2 rings (SSSR count). The third-order valence-electron chi connectivity index (χ3n) is 2.11. The topological polar surface area (TPSA) is 89.9 Å². The van der Waals surface area contributed by atoms with Crippen LogP contribution in [0.2, 0.25) is 0 Å². The molecule has 0 spiro atoms. The van der Waals surface area contributed by atoms with Crippen molar-refractivity contribution >= 4 is 5.82 Å². The number of hydrogen-bond donors (Lipinski definition) is 2. The van der Waals surface area contributed by atoms with Gasteiger partial charge in [0.2, 0.25) is 0 Å². The van der Waals surface area contributed by atoms with E-state index in [2.05, 4.69) is 20.6 Å². The Hall–Kier alpha value is -1.95. The maximum absolute atomic E-state index is 5.27. The molecule has 0 fully saturated rings. The number of nitrogens with two attached hydrogens (primary N) is 1. The highest BCUT2D eigenvalue weighted by molar-refractivity contribution is 5.57. The Morgan fingerprint density at radius 2 is 2.25 bits per heavy atom. The van der Waals surface area contributed by atoms with Gasteiger partial charge >= 0.3 is 0 Å². The number of aromatic nitrogens is 3. The van der Waals surface area contributed by atoms with Gasteiger partial charge in [0, 0.05) is 17.7 Å². The van der Waals surface area contributed by atoms with Crippen LogP contribution in [0.5, 0.6) is 0 Å². The second kappa shape index (κ2) is 4.28. The summed E-state index contributed by atoms with van der Waals surface area (Å²) in [6.07, 6.45) is 1.63. The maximum Gasteiger partial charge on any atom is 0.258 e. The Labute approximate surface area is 92.8 Å². The molecule has 2 aromatic rings. The van der Waals surface area contributed by atoms with E-state index in [9.17, 15) is 0 Å². The summed E-state index contributed by atoms with van der Waals surface area (Å²) in [4.78, 5) is 8.28. The van der Waals surface area contributed by atoms with E-state index in [0.717, 1.165) is 5.56 Å². The molecule has 0 amide bonds. The van der Waals surface area contributed by atoms with Crippen LogP contribution in [-0.4, -0.2) is 15.1 Å². The fourth-order valence-corrected chi connectivity index (χ4v) is 1.23. The van der Waals surface area contributed by atoms with Gasteiger partial charge in [0.25, 0.3) is 5.89 Å². The maximum atomic E-state index is 5.27. The first-order chi connectivity index (χ1) is 7.70. The van der Waals surface area contributed by atoms with Gasteiger partial charge in [0.15, 0.2) is 5.82 Å². The quantitative estimate of drug-likeness (QED) is 0.601. The van der Waals surface area contributed by atoms with Crippen molar-refractivity contribution in [3.8, 4) is 11.5 Å². The van der Waals surface area contributed by atoms with Gasteiger partial charge in [-0.1, -0.05) is 19.0 Å². The average Bonchev–Trinajstić information content (AvgIpc) is 2.78. The third kappa shape index (κ3) is 2.01. The summed E-state index contributed by atoms with van der Waals surface area (Å²) in [5, 5.41) is 3.89. The second-order valence-corrected chi connectivity index (χ2v) is 3.69. The Bertz CT molecular complexity index is 480. The summed E-state index contributed by atoms with van der Waals surface area (Å²) in [5.74, 6) is 7.23. The molecule has 0 saturated carbocycles. The zero-order chi connectivity index (χ0) is 11.5. The standard InChI is InChI=1S/C10H13N5O/c1-6(2)9-13-10(16-15-9)7-3-4-12-8(5-7)14-11/h3-6H,11H2,1-2H3,(H,12,14). The van der Waals surface area contributed by atoms with Gasteiger partial charge in [-0.25, -0.2) is 10.8 Å². The van der Waals surface area contributed by atoms with Crippen LogP contribution in [0.1, 0.15) is 25.6 Å². The second-order valence-electron chi connectivity index (χ2n) is 3.69. The predicted molar refractivity (Wildman–Crippen MR) is 59.4 cm³/mol. The van der Waals surface area contributed by atoms with Crippen LogP contribution in [-0.2, 0) is 0 Å². The molecule has 6 nitrogen and oxygen atoms in total. The highest BCUT2D eigenvalue weighted by Gasteiger charge is 2.11. The first-order valence-corrected chi connectivity index (χ1v) is 4.97. The smallest absolute Gasteiger partial charge is 0.258 e. The lowest BCUT2D eigenvalue weighted by Gasteiger charge is -1.99. The summed E-state index contributed by atoms with van der Waals surface area (Å²) >= 11 is 0. The van der Waals surface area contributed by atoms with Crippen molar-refractivity contribution < 1.29 is 4.52 Å². The number of pyridine rings is 1. The average molecular weight is 219 g/mol. The highest BCUT2D eigenvalue weighted by Crippen LogP contribution is 2.20. The van der Waals surface area contributed by atoms with E-state index in [1.54, 1.807) is 18.3 Å². The summed E-state index contributed by atoms with van der Waals surface area (Å²) < 4.78 is 5.15. The largest absolute Gasteiger partial charge is 0.334 e. The SMILES string of the molecule is CC(C)c1noc(-c2ccnc(NN)c2)n1. The van der Waals surface area contributed by atoms with E-state index < -0.39 is 0 Å². The van der Waals surface area contributed by atoms with E-state index >= 15 is 0 Å². The van der Waals surface area contributed by atoms with E-state index in [1.165, 1.54) is 0 Å². The number of hydrazine groups is 1. The molecule has 6 heteroatoms. The highest BCUT2D eigenvalue weighted by atomic mass is 16.5. The van der Waals surface area contributed by atoms with Crippen LogP contribution in [0.4, 0.5) is 5.82 Å². The number of nitrogens with zero attached hydrogens (tertiary/aromatic N) is 3. The lowest BCUT2D eigenvalue weighted by atomic mass is 10.2. The van der Waals surface area contributed by atoms with E-state index in [1.807, 2.05) is 13.8 Å². The molecule has 0 radical (unpaired) electrons. The minimum atomic E-state index is 0.242. The van der Waals surface area contributed by atoms with Crippen LogP contribution < -0.4 is 11.3 Å². The molecule has 16 heavy (non-hydrogen) atoms. The lowest BCUT2D eigenvalue weighted by molar-refractivity contribution is 0.419. The van der Waals surface area contributed by atoms with Gasteiger partial charge in [-0.2, -0.15) is 4.98 Å². The molecule has 0 bridgehead atoms. The molecular weight excluding hydrogens is 206 g/mol. The Morgan fingerprint density at radius 3 is 2.88 bits per heavy atom. The first kappa shape index (κ1) is 10.6. The summed E-state index contributed by atoms with van der Waals surface area (Å²) in [5.41, 5.74) is 3.26. The monoisotopic (exact) mass is 219 g/mol. The fourth-order valence-electron chi connectivity index (χ4n) is 1.23. The molecule has 84 valence electrons. The molecule has 0 aromatic carbocycles. The Balaban J connectivity index is 2.34. The van der Waals surface area contributed by atoms with Crippen LogP contribution >= 0.6 is 0 Å². The van der Waals surface area contributed by atoms with Crippen molar-refractivity contribution in [2.75, 3.05) is 5.43 Å². The van der Waals surface area contributed by atoms with Gasteiger partial charge in [-0.05, 0) is 12.1 Å². The first-order valence-electron chi connectivity index (χ1n) is 4.97. The third-order valence-corrected chi connectivity index (χ3v) is 2.11. The van der Waals surface area contributed by atoms with Gasteiger partial charge in [-0.15, -0.1) is 0 Å². The zero-order valence-electron chi connectivity index (χ0n) is 9.14. The number of nitrogens with one attached hydrogen (secondary N) is 1. The van der Waals surface area contributed by atoms with Crippen molar-refractivity contribution in [1.29, 1.82) is 0 Å². The minimum absolute atomic E-state index is 0.242. The molecule has 3 N–H and O–H groups in total. The zero-order valence-corrected chi connectivity index (χ0v) is 9.14. The van der Waals surface area contributed by atoms with Crippen molar-refractivity contribution in [3.63, 3.8) is 0 Å². The van der Waals surface area contributed by atoms with Gasteiger partial charge in [-0.3, -0.25) is 0 Å². The van der Waals surface area contributed by atoms with Crippen molar-refractivity contribution in [2.24, 2.45) is 5.84 Å². The van der Waals surface area contributed by atoms with E-state index in [-0.39, 0.29) is 5.92 Å². The summed E-state index contributed by atoms with van der Waals surface area (Å²) in [6, 6.07) is 3.54. The van der Waals surface area contributed by atoms with Crippen LogP contribution in [0, 0.1) is 0 Å². The number of rotatable bonds is 3. The molecule has 0 aliphatic heterocycles. The molecular formula is C10H13N5O. The molecule has 0 unspecified atom stereocenters. The molecule has 0 aliphatic rings. The van der Waals surface area contributed by atoms with Gasteiger partial charge in [0.05, 0.1) is 0 Å². The van der Waals surface area contributed by atoms with Crippen molar-refractivity contribution in [2.45, 2.75) is 19.8 Å². The lowest BCUT2D eigenvalue weighted by Crippen LogP contribution is -2.08. The van der Waals surface area contributed by atoms with Crippen molar-refractivity contribution in [1.82, 2.24) is 15.1 Å². The summed E-state index contributed by atoms with van der Waals surface area (Å²) in [7, 11) is 0.